The minimum Gasteiger partial charge on any atom is -0.444 e. The van der Waals surface area contributed by atoms with Crippen LogP contribution in [0.4, 0.5) is 0 Å². The molecule has 2 aromatic carbocycles. The van der Waals surface area contributed by atoms with Crippen molar-refractivity contribution in [2.75, 3.05) is 6.26 Å². The van der Waals surface area contributed by atoms with Gasteiger partial charge in [-0.25, -0.2) is 13.4 Å². The van der Waals surface area contributed by atoms with Gasteiger partial charge >= 0.3 is 0 Å². The molecular weight excluding hydrogens is 396 g/mol. The van der Waals surface area contributed by atoms with Crippen LogP contribution < -0.4 is 5.32 Å². The number of oxazole rings is 1. The summed E-state index contributed by atoms with van der Waals surface area (Å²) >= 11 is 0. The lowest BCUT2D eigenvalue weighted by molar-refractivity contribution is 0.269. The third kappa shape index (κ3) is 4.99. The third-order valence-corrected chi connectivity index (χ3v) is 6.99. The van der Waals surface area contributed by atoms with Crippen molar-refractivity contribution in [2.24, 2.45) is 5.92 Å². The van der Waals surface area contributed by atoms with E-state index in [1.807, 2.05) is 0 Å². The van der Waals surface area contributed by atoms with Crippen LogP contribution in [-0.4, -0.2) is 19.7 Å². The lowest BCUT2D eigenvalue weighted by Crippen LogP contribution is -2.29. The SMILES string of the molecule is CS(=O)(=O)c1ccc(-c2nc(CN[C@H](c3ccccc3)C3CCCCC3)co2)cc1. The Labute approximate surface area is 178 Å². The molecule has 30 heavy (non-hydrogen) atoms. The van der Waals surface area contributed by atoms with E-state index in [1.54, 1.807) is 30.5 Å². The molecule has 0 spiro atoms. The molecule has 1 heterocycles. The van der Waals surface area contributed by atoms with E-state index in [0.29, 0.717) is 24.4 Å². The Kier molecular flexibility index (Phi) is 6.35. The smallest absolute Gasteiger partial charge is 0.226 e. The van der Waals surface area contributed by atoms with E-state index in [0.717, 1.165) is 11.3 Å². The Morgan fingerprint density at radius 2 is 1.73 bits per heavy atom. The highest BCUT2D eigenvalue weighted by molar-refractivity contribution is 7.90. The Morgan fingerprint density at radius 3 is 2.40 bits per heavy atom. The molecule has 1 aliphatic carbocycles. The quantitative estimate of drug-likeness (QED) is 0.567. The van der Waals surface area contributed by atoms with Crippen LogP contribution in [0.15, 0.2) is 70.2 Å². The number of hydrogen-bond acceptors (Lipinski definition) is 5. The molecule has 1 aliphatic rings. The lowest BCUT2D eigenvalue weighted by atomic mass is 9.81. The topological polar surface area (TPSA) is 72.2 Å². The van der Waals surface area contributed by atoms with E-state index >= 15 is 0 Å². The maximum Gasteiger partial charge on any atom is 0.226 e. The van der Waals surface area contributed by atoms with Gasteiger partial charge in [-0.3, -0.25) is 0 Å². The van der Waals surface area contributed by atoms with Crippen molar-refractivity contribution in [1.29, 1.82) is 0 Å². The van der Waals surface area contributed by atoms with Crippen molar-refractivity contribution in [1.82, 2.24) is 10.3 Å². The van der Waals surface area contributed by atoms with Crippen molar-refractivity contribution in [3.8, 4) is 11.5 Å². The van der Waals surface area contributed by atoms with Crippen molar-refractivity contribution in [2.45, 2.75) is 49.6 Å². The Balaban J connectivity index is 1.46. The van der Waals surface area contributed by atoms with Crippen LogP contribution in [0.5, 0.6) is 0 Å². The Hall–Kier alpha value is -2.44. The van der Waals surface area contributed by atoms with Crippen LogP contribution in [-0.2, 0) is 16.4 Å². The Morgan fingerprint density at radius 1 is 1.03 bits per heavy atom. The minimum absolute atomic E-state index is 0.290. The predicted octanol–water partition coefficient (Wildman–Crippen LogP) is 5.16. The summed E-state index contributed by atoms with van der Waals surface area (Å²) in [5.41, 5.74) is 2.93. The van der Waals surface area contributed by atoms with E-state index in [4.69, 9.17) is 4.42 Å². The van der Waals surface area contributed by atoms with Crippen LogP contribution in [0.25, 0.3) is 11.5 Å². The minimum atomic E-state index is -3.21. The molecule has 0 bridgehead atoms. The second kappa shape index (κ2) is 9.14. The molecule has 158 valence electrons. The number of benzene rings is 2. The molecular formula is C24H28N2O3S. The van der Waals surface area contributed by atoms with Gasteiger partial charge in [0.25, 0.3) is 0 Å². The highest BCUT2D eigenvalue weighted by Crippen LogP contribution is 2.34. The van der Waals surface area contributed by atoms with Gasteiger partial charge in [0.2, 0.25) is 5.89 Å². The fraction of sp³-hybridized carbons (Fsp3) is 0.375. The first-order valence-corrected chi connectivity index (χ1v) is 12.4. The van der Waals surface area contributed by atoms with E-state index in [1.165, 1.54) is 43.9 Å². The maximum absolute atomic E-state index is 11.6. The van der Waals surface area contributed by atoms with Gasteiger partial charge in [0.15, 0.2) is 9.84 Å². The van der Waals surface area contributed by atoms with E-state index < -0.39 is 9.84 Å². The highest BCUT2D eigenvalue weighted by atomic mass is 32.2. The highest BCUT2D eigenvalue weighted by Gasteiger charge is 2.25. The molecule has 1 atom stereocenters. The molecule has 0 unspecified atom stereocenters. The third-order valence-electron chi connectivity index (χ3n) is 5.86. The summed E-state index contributed by atoms with van der Waals surface area (Å²) in [6, 6.07) is 17.6. The number of hydrogen-bond donors (Lipinski definition) is 1. The van der Waals surface area contributed by atoms with Gasteiger partial charge < -0.3 is 9.73 Å². The number of rotatable bonds is 7. The van der Waals surface area contributed by atoms with Gasteiger partial charge in [0.1, 0.15) is 6.26 Å². The molecule has 0 radical (unpaired) electrons. The second-order valence-corrected chi connectivity index (χ2v) is 10.1. The van der Waals surface area contributed by atoms with E-state index in [9.17, 15) is 8.42 Å². The largest absolute Gasteiger partial charge is 0.444 e. The van der Waals surface area contributed by atoms with Crippen LogP contribution >= 0.6 is 0 Å². The van der Waals surface area contributed by atoms with Gasteiger partial charge in [0, 0.05) is 24.4 Å². The van der Waals surface area contributed by atoms with Crippen molar-refractivity contribution >= 4 is 9.84 Å². The zero-order valence-corrected chi connectivity index (χ0v) is 18.1. The number of nitrogens with zero attached hydrogens (tertiary/aromatic N) is 1. The average molecular weight is 425 g/mol. The van der Waals surface area contributed by atoms with Gasteiger partial charge in [-0.2, -0.15) is 0 Å². The summed E-state index contributed by atoms with van der Waals surface area (Å²) in [7, 11) is -3.21. The second-order valence-electron chi connectivity index (χ2n) is 8.11. The zero-order chi connectivity index (χ0) is 21.0. The standard InChI is InChI=1S/C24H28N2O3S/c1-30(27,28)22-14-12-20(13-15-22)24-26-21(17-29-24)16-25-23(18-8-4-2-5-9-18)19-10-6-3-7-11-19/h2,4-5,8-9,12-15,17,19,23,25H,3,6-7,10-11,16H2,1H3/t23-/m1/s1. The van der Waals surface area contributed by atoms with Gasteiger partial charge in [-0.1, -0.05) is 49.6 Å². The molecule has 1 fully saturated rings. The molecule has 6 heteroatoms. The average Bonchev–Trinajstić information content (AvgIpc) is 3.24. The van der Waals surface area contributed by atoms with Gasteiger partial charge in [0.05, 0.1) is 10.6 Å². The van der Waals surface area contributed by atoms with Crippen molar-refractivity contribution in [3.63, 3.8) is 0 Å². The Bertz CT molecular complexity index is 1050. The maximum atomic E-state index is 11.6. The van der Waals surface area contributed by atoms with Crippen LogP contribution in [0.3, 0.4) is 0 Å². The van der Waals surface area contributed by atoms with Crippen LogP contribution in [0.2, 0.25) is 0 Å². The fourth-order valence-electron chi connectivity index (χ4n) is 4.26. The van der Waals surface area contributed by atoms with Crippen LogP contribution in [0, 0.1) is 5.92 Å². The molecule has 3 aromatic rings. The molecule has 1 N–H and O–H groups in total. The molecule has 5 nitrogen and oxygen atoms in total. The number of aromatic nitrogens is 1. The van der Waals surface area contributed by atoms with Crippen molar-refractivity contribution in [3.05, 3.63) is 72.1 Å². The fourth-order valence-corrected chi connectivity index (χ4v) is 4.90. The molecule has 1 aromatic heterocycles. The summed E-state index contributed by atoms with van der Waals surface area (Å²) < 4.78 is 28.9. The molecule has 0 saturated heterocycles. The lowest BCUT2D eigenvalue weighted by Gasteiger charge is -2.31. The summed E-state index contributed by atoms with van der Waals surface area (Å²) in [4.78, 5) is 4.89. The predicted molar refractivity (Wildman–Crippen MR) is 118 cm³/mol. The zero-order valence-electron chi connectivity index (χ0n) is 17.3. The molecule has 4 rings (SSSR count). The first kappa shape index (κ1) is 20.8. The van der Waals surface area contributed by atoms with E-state index in [-0.39, 0.29) is 4.90 Å². The van der Waals surface area contributed by atoms with Gasteiger partial charge in [-0.05, 0) is 48.6 Å². The van der Waals surface area contributed by atoms with Crippen molar-refractivity contribution < 1.29 is 12.8 Å². The first-order chi connectivity index (χ1) is 14.5. The molecule has 0 amide bonds. The summed E-state index contributed by atoms with van der Waals surface area (Å²) in [6.45, 7) is 0.626. The van der Waals surface area contributed by atoms with Gasteiger partial charge in [-0.15, -0.1) is 0 Å². The normalized spacial score (nSPS) is 16.4. The molecule has 0 aliphatic heterocycles. The summed E-state index contributed by atoms with van der Waals surface area (Å²) in [5, 5.41) is 3.71. The number of sulfone groups is 1. The summed E-state index contributed by atoms with van der Waals surface area (Å²) in [6.07, 6.45) is 9.32. The van der Waals surface area contributed by atoms with E-state index in [2.05, 4.69) is 40.6 Å². The first-order valence-electron chi connectivity index (χ1n) is 10.5. The monoisotopic (exact) mass is 424 g/mol. The van der Waals surface area contributed by atoms with Crippen LogP contribution in [0.1, 0.15) is 49.4 Å². The number of nitrogens with one attached hydrogen (secondary N) is 1. The molecule has 1 saturated carbocycles. The summed E-state index contributed by atoms with van der Waals surface area (Å²) in [5.74, 6) is 1.14.